The number of hydrogen-bond acceptors (Lipinski definition) is 2. The Bertz CT molecular complexity index is 462. The van der Waals surface area contributed by atoms with Gasteiger partial charge in [0.1, 0.15) is 0 Å². The van der Waals surface area contributed by atoms with Crippen LogP contribution in [0.1, 0.15) is 43.7 Å². The van der Waals surface area contributed by atoms with Gasteiger partial charge >= 0.3 is 0 Å². The van der Waals surface area contributed by atoms with Gasteiger partial charge in [0.15, 0.2) is 0 Å². The van der Waals surface area contributed by atoms with Gasteiger partial charge in [-0.1, -0.05) is 19.4 Å². The van der Waals surface area contributed by atoms with Crippen LogP contribution in [0, 0.1) is 12.8 Å². The molecule has 1 aliphatic rings. The highest BCUT2D eigenvalue weighted by Crippen LogP contribution is 2.25. The predicted molar refractivity (Wildman–Crippen MR) is 86.4 cm³/mol. The highest BCUT2D eigenvalue weighted by molar-refractivity contribution is 5.92. The molecule has 3 N–H and O–H groups in total. The fourth-order valence-corrected chi connectivity index (χ4v) is 2.84. The zero-order valence-corrected chi connectivity index (χ0v) is 13.1. The lowest BCUT2D eigenvalue weighted by atomic mass is 9.85. The van der Waals surface area contributed by atoms with Crippen LogP contribution in [-0.4, -0.2) is 11.9 Å². The van der Waals surface area contributed by atoms with Crippen LogP contribution in [0.4, 0.5) is 5.69 Å². The monoisotopic (exact) mass is 296 g/mol. The Hall–Kier alpha value is -1.06. The molecule has 1 aromatic carbocycles. The summed E-state index contributed by atoms with van der Waals surface area (Å²) in [4.78, 5) is 12.2. The third-order valence-corrected chi connectivity index (χ3v) is 4.08. The van der Waals surface area contributed by atoms with Gasteiger partial charge in [-0.25, -0.2) is 0 Å². The molecule has 0 spiro atoms. The van der Waals surface area contributed by atoms with Gasteiger partial charge in [0, 0.05) is 17.6 Å². The van der Waals surface area contributed by atoms with Crippen molar-refractivity contribution in [2.45, 2.75) is 52.0 Å². The minimum Gasteiger partial charge on any atom is -0.328 e. The molecule has 112 valence electrons. The molecular weight excluding hydrogens is 272 g/mol. The number of halogens is 1. The second-order valence-electron chi connectivity index (χ2n) is 5.61. The van der Waals surface area contributed by atoms with Crippen LogP contribution in [0.5, 0.6) is 0 Å². The molecule has 1 fully saturated rings. The number of anilines is 1. The van der Waals surface area contributed by atoms with E-state index < -0.39 is 0 Å². The Labute approximate surface area is 127 Å². The zero-order chi connectivity index (χ0) is 13.8. The number of benzene rings is 1. The molecule has 2 rings (SSSR count). The van der Waals surface area contributed by atoms with Crippen molar-refractivity contribution >= 4 is 24.0 Å². The summed E-state index contributed by atoms with van der Waals surface area (Å²) in [6, 6.07) is 6.32. The third kappa shape index (κ3) is 4.22. The average Bonchev–Trinajstić information content (AvgIpc) is 2.41. The lowest BCUT2D eigenvalue weighted by Gasteiger charge is -2.25. The maximum absolute atomic E-state index is 12.2. The van der Waals surface area contributed by atoms with E-state index in [2.05, 4.69) is 31.3 Å². The minimum absolute atomic E-state index is 0. The molecule has 0 bridgehead atoms. The van der Waals surface area contributed by atoms with Gasteiger partial charge in [-0.05, 0) is 55.9 Å². The second-order valence-corrected chi connectivity index (χ2v) is 5.61. The summed E-state index contributed by atoms with van der Waals surface area (Å²) in [7, 11) is 0. The fraction of sp³-hybridized carbons (Fsp3) is 0.562. The van der Waals surface area contributed by atoms with Gasteiger partial charge in [-0.3, -0.25) is 4.79 Å². The fourth-order valence-electron chi connectivity index (χ4n) is 2.84. The molecule has 0 aromatic heterocycles. The van der Waals surface area contributed by atoms with E-state index in [1.54, 1.807) is 0 Å². The molecule has 1 saturated carbocycles. The maximum Gasteiger partial charge on any atom is 0.227 e. The van der Waals surface area contributed by atoms with E-state index in [0.29, 0.717) is 0 Å². The number of aryl methyl sites for hydroxylation is 2. The number of hydrogen-bond donors (Lipinski definition) is 2. The van der Waals surface area contributed by atoms with Crippen molar-refractivity contribution in [3.8, 4) is 0 Å². The SMILES string of the molecule is CCc1cc(NC(=O)C2CCCC(N)C2)ccc1C.Cl. The van der Waals surface area contributed by atoms with Crippen LogP contribution in [-0.2, 0) is 11.2 Å². The highest BCUT2D eigenvalue weighted by atomic mass is 35.5. The average molecular weight is 297 g/mol. The van der Waals surface area contributed by atoms with Crippen LogP contribution in [0.15, 0.2) is 18.2 Å². The van der Waals surface area contributed by atoms with Crippen molar-refractivity contribution < 1.29 is 4.79 Å². The van der Waals surface area contributed by atoms with E-state index in [-0.39, 0.29) is 30.3 Å². The van der Waals surface area contributed by atoms with E-state index in [4.69, 9.17) is 5.73 Å². The van der Waals surface area contributed by atoms with Gasteiger partial charge in [0.05, 0.1) is 0 Å². The van der Waals surface area contributed by atoms with Gasteiger partial charge in [0.2, 0.25) is 5.91 Å². The molecule has 1 aromatic rings. The summed E-state index contributed by atoms with van der Waals surface area (Å²) in [6.45, 7) is 4.23. The van der Waals surface area contributed by atoms with Crippen LogP contribution in [0.3, 0.4) is 0 Å². The van der Waals surface area contributed by atoms with Crippen LogP contribution < -0.4 is 11.1 Å². The normalized spacial score (nSPS) is 21.9. The number of nitrogens with one attached hydrogen (secondary N) is 1. The van der Waals surface area contributed by atoms with Gasteiger partial charge in [-0.2, -0.15) is 0 Å². The number of amides is 1. The lowest BCUT2D eigenvalue weighted by molar-refractivity contribution is -0.120. The Morgan fingerprint density at radius 3 is 2.80 bits per heavy atom. The smallest absolute Gasteiger partial charge is 0.227 e. The number of carbonyl (C=O) groups is 1. The Kier molecular flexibility index (Phi) is 6.50. The van der Waals surface area contributed by atoms with Gasteiger partial charge < -0.3 is 11.1 Å². The van der Waals surface area contributed by atoms with Crippen molar-refractivity contribution in [3.05, 3.63) is 29.3 Å². The predicted octanol–water partition coefficient (Wildman–Crippen LogP) is 3.44. The lowest BCUT2D eigenvalue weighted by Crippen LogP contribution is -2.34. The summed E-state index contributed by atoms with van der Waals surface area (Å²) >= 11 is 0. The number of rotatable bonds is 3. The van der Waals surface area contributed by atoms with Crippen molar-refractivity contribution in [3.63, 3.8) is 0 Å². The van der Waals surface area contributed by atoms with E-state index in [0.717, 1.165) is 37.8 Å². The zero-order valence-electron chi connectivity index (χ0n) is 12.3. The third-order valence-electron chi connectivity index (χ3n) is 4.08. The maximum atomic E-state index is 12.2. The van der Waals surface area contributed by atoms with Crippen molar-refractivity contribution in [2.24, 2.45) is 11.7 Å². The Balaban J connectivity index is 0.00000200. The molecule has 2 unspecified atom stereocenters. The standard InChI is InChI=1S/C16H24N2O.ClH/c1-3-12-10-15(8-7-11(12)2)18-16(19)13-5-4-6-14(17)9-13;/h7-8,10,13-14H,3-6,9,17H2,1-2H3,(H,18,19);1H. The molecule has 20 heavy (non-hydrogen) atoms. The second kappa shape index (κ2) is 7.65. The first-order chi connectivity index (χ1) is 9.10. The Morgan fingerprint density at radius 1 is 1.40 bits per heavy atom. The minimum atomic E-state index is 0. The summed E-state index contributed by atoms with van der Waals surface area (Å²) < 4.78 is 0. The van der Waals surface area contributed by atoms with Crippen LogP contribution in [0.25, 0.3) is 0 Å². The van der Waals surface area contributed by atoms with E-state index in [9.17, 15) is 4.79 Å². The number of nitrogens with two attached hydrogens (primary N) is 1. The molecule has 4 heteroatoms. The van der Waals surface area contributed by atoms with Crippen LogP contribution >= 0.6 is 12.4 Å². The molecule has 0 heterocycles. The van der Waals surface area contributed by atoms with Crippen molar-refractivity contribution in [2.75, 3.05) is 5.32 Å². The van der Waals surface area contributed by atoms with Crippen LogP contribution in [0.2, 0.25) is 0 Å². The molecule has 3 nitrogen and oxygen atoms in total. The molecular formula is C16H25ClN2O. The van der Waals surface area contributed by atoms with Crippen molar-refractivity contribution in [1.82, 2.24) is 0 Å². The summed E-state index contributed by atoms with van der Waals surface area (Å²) in [5, 5.41) is 3.04. The summed E-state index contributed by atoms with van der Waals surface area (Å²) in [5.41, 5.74) is 9.42. The van der Waals surface area contributed by atoms with Gasteiger partial charge in [0.25, 0.3) is 0 Å². The first kappa shape index (κ1) is 17.0. The van der Waals surface area contributed by atoms with Gasteiger partial charge in [-0.15, -0.1) is 12.4 Å². The molecule has 1 aliphatic carbocycles. The Morgan fingerprint density at radius 2 is 2.15 bits per heavy atom. The molecule has 0 radical (unpaired) electrons. The topological polar surface area (TPSA) is 55.1 Å². The van der Waals surface area contributed by atoms with Crippen molar-refractivity contribution in [1.29, 1.82) is 0 Å². The quantitative estimate of drug-likeness (QED) is 0.898. The molecule has 0 aliphatic heterocycles. The first-order valence-electron chi connectivity index (χ1n) is 7.26. The van der Waals surface area contributed by atoms with E-state index >= 15 is 0 Å². The van der Waals surface area contributed by atoms with E-state index in [1.165, 1.54) is 11.1 Å². The highest BCUT2D eigenvalue weighted by Gasteiger charge is 2.25. The first-order valence-corrected chi connectivity index (χ1v) is 7.26. The molecule has 2 atom stereocenters. The largest absolute Gasteiger partial charge is 0.328 e. The summed E-state index contributed by atoms with van der Waals surface area (Å²) in [5.74, 6) is 0.205. The molecule has 0 saturated heterocycles. The number of carbonyl (C=O) groups excluding carboxylic acids is 1. The van der Waals surface area contributed by atoms with E-state index in [1.807, 2.05) is 6.07 Å². The molecule has 1 amide bonds. The summed E-state index contributed by atoms with van der Waals surface area (Å²) in [6.07, 6.45) is 4.88.